The molecule has 0 radical (unpaired) electrons. The average molecular weight is 279 g/mol. The summed E-state index contributed by atoms with van der Waals surface area (Å²) in [5, 5.41) is 0. The molecule has 0 aromatic carbocycles. The molecule has 0 aromatic heterocycles. The van der Waals surface area contributed by atoms with Crippen LogP contribution in [0.5, 0.6) is 0 Å². The van der Waals surface area contributed by atoms with Crippen LogP contribution in [0.4, 0.5) is 0 Å². The Morgan fingerprint density at radius 1 is 1.47 bits per heavy atom. The molecular formula is C10H21N3O2S2. The van der Waals surface area contributed by atoms with Crippen LogP contribution in [0.3, 0.4) is 0 Å². The van der Waals surface area contributed by atoms with Crippen LogP contribution in [-0.4, -0.2) is 35.8 Å². The summed E-state index contributed by atoms with van der Waals surface area (Å²) in [6.07, 6.45) is 2.27. The molecule has 1 aliphatic carbocycles. The molecule has 1 aliphatic rings. The van der Waals surface area contributed by atoms with Crippen molar-refractivity contribution < 1.29 is 8.42 Å². The summed E-state index contributed by atoms with van der Waals surface area (Å²) in [5.41, 5.74) is 4.94. The molecule has 3 N–H and O–H groups in total. The van der Waals surface area contributed by atoms with Gasteiger partial charge in [-0.2, -0.15) is 17.4 Å². The molecule has 0 unspecified atom stereocenters. The fourth-order valence-corrected chi connectivity index (χ4v) is 3.44. The van der Waals surface area contributed by atoms with E-state index in [-0.39, 0.29) is 6.04 Å². The summed E-state index contributed by atoms with van der Waals surface area (Å²) in [4.78, 5) is 0.349. The fourth-order valence-electron chi connectivity index (χ4n) is 1.53. The van der Waals surface area contributed by atoms with E-state index in [1.807, 2.05) is 20.8 Å². The second-order valence-electron chi connectivity index (χ2n) is 5.42. The second-order valence-corrected chi connectivity index (χ2v) is 7.56. The standard InChI is InChI=1S/C10H21N3O2S2/c1-10(2,3)12-17(14,15)13(8-4-5-8)7-6-9(11)16/h8,12H,4-7H2,1-3H3,(H2,11,16). The number of hydrogen-bond donors (Lipinski definition) is 2. The molecule has 0 aromatic rings. The normalized spacial score (nSPS) is 17.4. The van der Waals surface area contributed by atoms with Crippen LogP contribution in [0.1, 0.15) is 40.0 Å². The molecule has 0 amide bonds. The first-order valence-electron chi connectivity index (χ1n) is 5.71. The number of thiocarbonyl (C=S) groups is 1. The molecule has 1 saturated carbocycles. The summed E-state index contributed by atoms with van der Waals surface area (Å²) >= 11 is 4.79. The largest absolute Gasteiger partial charge is 0.393 e. The number of nitrogens with one attached hydrogen (secondary N) is 1. The molecule has 7 heteroatoms. The van der Waals surface area contributed by atoms with Crippen LogP contribution in [0.2, 0.25) is 0 Å². The molecule has 1 fully saturated rings. The molecule has 5 nitrogen and oxygen atoms in total. The maximum Gasteiger partial charge on any atom is 0.280 e. The maximum atomic E-state index is 12.2. The predicted octanol–water partition coefficient (Wildman–Crippen LogP) is 0.760. The van der Waals surface area contributed by atoms with Gasteiger partial charge in [0.2, 0.25) is 0 Å². The highest BCUT2D eigenvalue weighted by Gasteiger charge is 2.38. The van der Waals surface area contributed by atoms with Crippen molar-refractivity contribution in [1.82, 2.24) is 9.03 Å². The summed E-state index contributed by atoms with van der Waals surface area (Å²) < 4.78 is 28.5. The quantitative estimate of drug-likeness (QED) is 0.704. The Bertz CT molecular complexity index is 383. The Balaban J connectivity index is 2.72. The van der Waals surface area contributed by atoms with Gasteiger partial charge in [-0.15, -0.1) is 0 Å². The Hall–Kier alpha value is -0.240. The zero-order valence-electron chi connectivity index (χ0n) is 10.6. The zero-order chi connectivity index (χ0) is 13.3. The van der Waals surface area contributed by atoms with E-state index >= 15 is 0 Å². The summed E-state index contributed by atoms with van der Waals surface area (Å²) in [7, 11) is -3.44. The Morgan fingerprint density at radius 3 is 2.35 bits per heavy atom. The molecule has 1 rings (SSSR count). The van der Waals surface area contributed by atoms with Gasteiger partial charge < -0.3 is 5.73 Å². The van der Waals surface area contributed by atoms with E-state index in [2.05, 4.69) is 4.72 Å². The first kappa shape index (κ1) is 14.8. The third kappa shape index (κ3) is 5.29. The minimum absolute atomic E-state index is 0.115. The van der Waals surface area contributed by atoms with E-state index in [1.165, 1.54) is 4.31 Å². The van der Waals surface area contributed by atoms with Gasteiger partial charge in [-0.25, -0.2) is 0 Å². The molecule has 0 heterocycles. The van der Waals surface area contributed by atoms with Crippen molar-refractivity contribution in [1.29, 1.82) is 0 Å². The van der Waals surface area contributed by atoms with E-state index in [0.29, 0.717) is 18.0 Å². The second kappa shape index (κ2) is 5.17. The number of hydrogen-bond acceptors (Lipinski definition) is 3. The minimum atomic E-state index is -3.44. The molecule has 0 atom stereocenters. The lowest BCUT2D eigenvalue weighted by Gasteiger charge is -2.27. The van der Waals surface area contributed by atoms with Gasteiger partial charge in [0.05, 0.1) is 4.99 Å². The van der Waals surface area contributed by atoms with Gasteiger partial charge >= 0.3 is 0 Å². The van der Waals surface area contributed by atoms with Crippen LogP contribution >= 0.6 is 12.2 Å². The number of nitrogens with two attached hydrogens (primary N) is 1. The van der Waals surface area contributed by atoms with E-state index in [4.69, 9.17) is 18.0 Å². The third-order valence-electron chi connectivity index (χ3n) is 2.28. The predicted molar refractivity (Wildman–Crippen MR) is 72.9 cm³/mol. The van der Waals surface area contributed by atoms with Gasteiger partial charge in [0.1, 0.15) is 0 Å². The molecule has 0 saturated heterocycles. The lowest BCUT2D eigenvalue weighted by molar-refractivity contribution is 0.384. The number of nitrogens with zero attached hydrogens (tertiary/aromatic N) is 1. The Labute approximate surface area is 109 Å². The van der Waals surface area contributed by atoms with Gasteiger partial charge in [-0.3, -0.25) is 0 Å². The van der Waals surface area contributed by atoms with Gasteiger partial charge in [0, 0.05) is 24.5 Å². The van der Waals surface area contributed by atoms with Crippen LogP contribution in [0, 0.1) is 0 Å². The average Bonchev–Trinajstić information content (AvgIpc) is 2.81. The van der Waals surface area contributed by atoms with E-state index in [9.17, 15) is 8.42 Å². The number of rotatable bonds is 6. The van der Waals surface area contributed by atoms with Gasteiger partial charge in [0.25, 0.3) is 10.2 Å². The van der Waals surface area contributed by atoms with Crippen LogP contribution in [0.25, 0.3) is 0 Å². The summed E-state index contributed by atoms with van der Waals surface area (Å²) in [6, 6.07) is 0.115. The fraction of sp³-hybridized carbons (Fsp3) is 0.900. The van der Waals surface area contributed by atoms with Crippen molar-refractivity contribution >= 4 is 27.4 Å². The highest BCUT2D eigenvalue weighted by molar-refractivity contribution is 7.87. The van der Waals surface area contributed by atoms with Crippen LogP contribution in [-0.2, 0) is 10.2 Å². The molecule has 100 valence electrons. The molecular weight excluding hydrogens is 258 g/mol. The van der Waals surface area contributed by atoms with Crippen LogP contribution in [0.15, 0.2) is 0 Å². The van der Waals surface area contributed by atoms with Crippen molar-refractivity contribution in [2.24, 2.45) is 5.73 Å². The maximum absolute atomic E-state index is 12.2. The molecule has 17 heavy (non-hydrogen) atoms. The third-order valence-corrected chi connectivity index (χ3v) is 4.45. The summed E-state index contributed by atoms with van der Waals surface area (Å²) in [6.45, 7) is 5.83. The monoisotopic (exact) mass is 279 g/mol. The highest BCUT2D eigenvalue weighted by Crippen LogP contribution is 2.29. The van der Waals surface area contributed by atoms with Gasteiger partial charge in [0.15, 0.2) is 0 Å². The zero-order valence-corrected chi connectivity index (χ0v) is 12.2. The summed E-state index contributed by atoms with van der Waals surface area (Å²) in [5.74, 6) is 0. The van der Waals surface area contributed by atoms with Crippen molar-refractivity contribution in [3.8, 4) is 0 Å². The highest BCUT2D eigenvalue weighted by atomic mass is 32.2. The first-order chi connectivity index (χ1) is 7.62. The SMILES string of the molecule is CC(C)(C)NS(=O)(=O)N(CCC(N)=S)C1CC1. The topological polar surface area (TPSA) is 75.4 Å². The molecule has 0 aliphatic heterocycles. The van der Waals surface area contributed by atoms with E-state index in [0.717, 1.165) is 12.8 Å². The van der Waals surface area contributed by atoms with Crippen molar-refractivity contribution in [3.63, 3.8) is 0 Å². The van der Waals surface area contributed by atoms with Gasteiger partial charge in [-0.05, 0) is 33.6 Å². The smallest absolute Gasteiger partial charge is 0.280 e. The molecule has 0 bridgehead atoms. The Morgan fingerprint density at radius 2 is 2.00 bits per heavy atom. The van der Waals surface area contributed by atoms with Crippen molar-refractivity contribution in [3.05, 3.63) is 0 Å². The van der Waals surface area contributed by atoms with E-state index < -0.39 is 15.7 Å². The first-order valence-corrected chi connectivity index (χ1v) is 7.56. The van der Waals surface area contributed by atoms with Crippen molar-refractivity contribution in [2.75, 3.05) is 6.54 Å². The lowest BCUT2D eigenvalue weighted by Crippen LogP contribution is -2.50. The lowest BCUT2D eigenvalue weighted by atomic mass is 10.1. The van der Waals surface area contributed by atoms with E-state index in [1.54, 1.807) is 0 Å². The van der Waals surface area contributed by atoms with Crippen molar-refractivity contribution in [2.45, 2.75) is 51.6 Å². The van der Waals surface area contributed by atoms with Crippen LogP contribution < -0.4 is 10.5 Å². The minimum Gasteiger partial charge on any atom is -0.393 e. The Kier molecular flexibility index (Phi) is 4.51. The molecule has 0 spiro atoms. The van der Waals surface area contributed by atoms with Gasteiger partial charge in [-0.1, -0.05) is 12.2 Å².